The molecule has 0 spiro atoms. The fraction of sp³-hybridized carbons (Fsp3) is 0.826. The average Bonchev–Trinajstić information content (AvgIpc) is 3.91. The maximum Gasteiger partial charge on any atom is 0.307 e. The van der Waals surface area contributed by atoms with E-state index in [9.17, 15) is 24.3 Å². The second-order valence-corrected chi connectivity index (χ2v) is 19.3. The summed E-state index contributed by atoms with van der Waals surface area (Å²) in [6, 6.07) is 0. The molecule has 0 aromatic carbocycles. The lowest BCUT2D eigenvalue weighted by Crippen LogP contribution is -2.30. The van der Waals surface area contributed by atoms with Crippen LogP contribution in [-0.4, -0.2) is 143 Å². The van der Waals surface area contributed by atoms with Crippen molar-refractivity contribution in [3.63, 3.8) is 0 Å². The standard InChI is InChI=1S/C25H44N4O4.C21H36N4O4/c1-25(2,3)32-21(30)18-20(15-10-14-19-12-8-7-9-13-19)23-26-22(27-33-23)24(31)29(6)17-11-16-28(4)5;1-24(2)13-8-14-25(3)21(28)19-22-20(29-23-19)17(15-18(26)27)12-7-11-16-9-5-4-6-10-16/h19-20H,7-18H2,1-6H3;16-17H,4-15H2,1-3H3,(H,26,27)/t20-;17-/m11/s1. The third kappa shape index (κ3) is 20.5. The molecule has 2 heterocycles. The molecular formula is C46H80N8O8. The van der Waals surface area contributed by atoms with Gasteiger partial charge in [0.2, 0.25) is 11.8 Å². The smallest absolute Gasteiger partial charge is 0.307 e. The summed E-state index contributed by atoms with van der Waals surface area (Å²) >= 11 is 0. The van der Waals surface area contributed by atoms with E-state index >= 15 is 0 Å². The summed E-state index contributed by atoms with van der Waals surface area (Å²) < 4.78 is 16.3. The topological polar surface area (TPSA) is 189 Å². The summed E-state index contributed by atoms with van der Waals surface area (Å²) in [6.07, 6.45) is 20.6. The van der Waals surface area contributed by atoms with Crippen LogP contribution in [0.25, 0.3) is 0 Å². The van der Waals surface area contributed by atoms with Crippen molar-refractivity contribution in [2.45, 2.75) is 167 Å². The quantitative estimate of drug-likeness (QED) is 0.0998. The van der Waals surface area contributed by atoms with Crippen LogP contribution in [0.2, 0.25) is 0 Å². The lowest BCUT2D eigenvalue weighted by Gasteiger charge is -2.23. The van der Waals surface area contributed by atoms with E-state index in [1.54, 1.807) is 23.9 Å². The van der Waals surface area contributed by atoms with Gasteiger partial charge in [0.1, 0.15) is 5.60 Å². The number of amides is 2. The number of rotatable bonds is 24. The van der Waals surface area contributed by atoms with Gasteiger partial charge in [0.05, 0.1) is 12.8 Å². The van der Waals surface area contributed by atoms with Crippen LogP contribution in [0.3, 0.4) is 0 Å². The van der Waals surface area contributed by atoms with Gasteiger partial charge in [-0.25, -0.2) is 0 Å². The summed E-state index contributed by atoms with van der Waals surface area (Å²) in [4.78, 5) is 65.1. The van der Waals surface area contributed by atoms with Crippen molar-refractivity contribution in [3.05, 3.63) is 23.4 Å². The number of aromatic nitrogens is 4. The minimum atomic E-state index is -0.889. The minimum Gasteiger partial charge on any atom is -0.481 e. The molecule has 16 nitrogen and oxygen atoms in total. The Hall–Kier alpha value is -3.92. The Morgan fingerprint density at radius 1 is 0.629 bits per heavy atom. The molecule has 2 saturated carbocycles. The predicted octanol–water partition coefficient (Wildman–Crippen LogP) is 8.06. The van der Waals surface area contributed by atoms with Crippen molar-refractivity contribution >= 4 is 23.8 Å². The normalized spacial score (nSPS) is 16.1. The molecule has 2 aliphatic carbocycles. The molecule has 0 saturated heterocycles. The van der Waals surface area contributed by atoms with Gasteiger partial charge in [0.15, 0.2) is 0 Å². The van der Waals surface area contributed by atoms with Crippen molar-refractivity contribution < 1.29 is 38.1 Å². The van der Waals surface area contributed by atoms with Gasteiger partial charge in [0.25, 0.3) is 23.5 Å². The molecule has 2 fully saturated rings. The first kappa shape index (κ1) is 52.4. The number of hydrogen-bond donors (Lipinski definition) is 1. The molecule has 2 amide bonds. The minimum absolute atomic E-state index is 0.00928. The fourth-order valence-electron chi connectivity index (χ4n) is 8.45. The van der Waals surface area contributed by atoms with Gasteiger partial charge in [-0.05, 0) is 99.6 Å². The zero-order valence-electron chi connectivity index (χ0n) is 39.7. The number of esters is 1. The van der Waals surface area contributed by atoms with Gasteiger partial charge in [0, 0.05) is 39.0 Å². The number of carboxylic acids is 1. The number of aliphatic carboxylic acids is 1. The maximum absolute atomic E-state index is 12.7. The maximum atomic E-state index is 12.7. The second kappa shape index (κ2) is 27.3. The van der Waals surface area contributed by atoms with Crippen LogP contribution in [0, 0.1) is 11.8 Å². The molecule has 2 aromatic heterocycles. The molecule has 0 bridgehead atoms. The van der Waals surface area contributed by atoms with Gasteiger partial charge < -0.3 is 38.5 Å². The van der Waals surface area contributed by atoms with Crippen LogP contribution >= 0.6 is 0 Å². The molecular weight excluding hydrogens is 793 g/mol. The lowest BCUT2D eigenvalue weighted by atomic mass is 9.84. The molecule has 2 atom stereocenters. The Labute approximate surface area is 371 Å². The zero-order valence-corrected chi connectivity index (χ0v) is 39.7. The van der Waals surface area contributed by atoms with Crippen molar-refractivity contribution in [2.24, 2.45) is 11.8 Å². The van der Waals surface area contributed by atoms with Gasteiger partial charge in [-0.2, -0.15) is 9.97 Å². The van der Waals surface area contributed by atoms with Crippen LogP contribution < -0.4 is 0 Å². The molecule has 0 aliphatic heterocycles. The highest BCUT2D eigenvalue weighted by molar-refractivity contribution is 5.90. The Morgan fingerprint density at radius 2 is 1.03 bits per heavy atom. The Morgan fingerprint density at radius 3 is 1.40 bits per heavy atom. The monoisotopic (exact) mass is 873 g/mol. The Bertz CT molecular complexity index is 1610. The highest BCUT2D eigenvalue weighted by atomic mass is 16.6. The van der Waals surface area contributed by atoms with E-state index in [2.05, 4.69) is 30.1 Å². The van der Waals surface area contributed by atoms with Crippen molar-refractivity contribution in [1.29, 1.82) is 0 Å². The second-order valence-electron chi connectivity index (χ2n) is 19.3. The van der Waals surface area contributed by atoms with Crippen LogP contribution in [0.1, 0.15) is 194 Å². The SMILES string of the molecule is CN(C)CCCN(C)C(=O)c1noc([C@H](CCCC2CCCCC2)CC(=O)O)n1.CN(C)CCCN(C)C(=O)c1noc([C@H](CCCC2CCCCC2)CC(=O)OC(C)(C)C)n1. The van der Waals surface area contributed by atoms with Crippen LogP contribution in [0.15, 0.2) is 9.05 Å². The first-order valence-electron chi connectivity index (χ1n) is 23.3. The molecule has 352 valence electrons. The zero-order chi connectivity index (χ0) is 45.7. The van der Waals surface area contributed by atoms with E-state index < -0.39 is 11.6 Å². The van der Waals surface area contributed by atoms with Crippen molar-refractivity contribution in [1.82, 2.24) is 39.9 Å². The Kier molecular flexibility index (Phi) is 23.1. The van der Waals surface area contributed by atoms with Gasteiger partial charge >= 0.3 is 11.9 Å². The van der Waals surface area contributed by atoms with Crippen molar-refractivity contribution in [3.8, 4) is 0 Å². The molecule has 0 unspecified atom stereocenters. The average molecular weight is 873 g/mol. The molecule has 16 heteroatoms. The summed E-state index contributed by atoms with van der Waals surface area (Å²) in [5.74, 6) is -0.0970. The first-order valence-corrected chi connectivity index (χ1v) is 23.3. The summed E-state index contributed by atoms with van der Waals surface area (Å²) in [7, 11) is 11.5. The Balaban J connectivity index is 0.000000333. The highest BCUT2D eigenvalue weighted by Crippen LogP contribution is 2.33. The number of carbonyl (C=O) groups excluding carboxylic acids is 3. The van der Waals surface area contributed by atoms with E-state index in [0.29, 0.717) is 25.4 Å². The lowest BCUT2D eigenvalue weighted by molar-refractivity contribution is -0.155. The van der Waals surface area contributed by atoms with Gasteiger partial charge in [-0.1, -0.05) is 100 Å². The van der Waals surface area contributed by atoms with Crippen LogP contribution in [0.4, 0.5) is 0 Å². The molecule has 2 aliphatic rings. The van der Waals surface area contributed by atoms with Gasteiger partial charge in [-0.15, -0.1) is 0 Å². The van der Waals surface area contributed by atoms with E-state index in [1.807, 2.05) is 49.0 Å². The first-order chi connectivity index (χ1) is 29.4. The highest BCUT2D eigenvalue weighted by Gasteiger charge is 2.29. The summed E-state index contributed by atoms with van der Waals surface area (Å²) in [5.41, 5.74) is -0.547. The number of nitrogens with zero attached hydrogens (tertiary/aromatic N) is 8. The number of carboxylic acid groups (broad SMARTS) is 1. The van der Waals surface area contributed by atoms with Crippen molar-refractivity contribution in [2.75, 3.05) is 68.5 Å². The van der Waals surface area contributed by atoms with E-state index in [0.717, 1.165) is 69.9 Å². The molecule has 62 heavy (non-hydrogen) atoms. The fourth-order valence-corrected chi connectivity index (χ4v) is 8.45. The molecule has 4 rings (SSSR count). The largest absolute Gasteiger partial charge is 0.481 e. The third-order valence-corrected chi connectivity index (χ3v) is 11.9. The van der Waals surface area contributed by atoms with E-state index in [1.165, 1.54) is 64.2 Å². The molecule has 1 N–H and O–H groups in total. The number of ether oxygens (including phenoxy) is 1. The predicted molar refractivity (Wildman–Crippen MR) is 238 cm³/mol. The number of carbonyl (C=O) groups is 4. The molecule has 2 aromatic rings. The van der Waals surface area contributed by atoms with E-state index in [4.69, 9.17) is 13.8 Å². The molecule has 0 radical (unpaired) electrons. The van der Waals surface area contributed by atoms with Crippen LogP contribution in [0.5, 0.6) is 0 Å². The summed E-state index contributed by atoms with van der Waals surface area (Å²) in [6.45, 7) is 8.57. The van der Waals surface area contributed by atoms with Gasteiger partial charge in [-0.3, -0.25) is 19.2 Å². The van der Waals surface area contributed by atoms with E-state index in [-0.39, 0.29) is 60.0 Å². The third-order valence-electron chi connectivity index (χ3n) is 11.9. The van der Waals surface area contributed by atoms with Crippen LogP contribution in [-0.2, 0) is 14.3 Å². The summed E-state index contributed by atoms with van der Waals surface area (Å²) in [5, 5.41) is 17.0. The number of hydrogen-bond acceptors (Lipinski definition) is 13.